The standard InChI is InChI=1S/C11H15N3/c1-8-5-4-6-9-10(8)13-7-14(9)11(2,3)12/h4-7H,12H2,1-3H3. The van der Waals surface area contributed by atoms with E-state index in [2.05, 4.69) is 18.0 Å². The molecule has 3 nitrogen and oxygen atoms in total. The minimum absolute atomic E-state index is 0.400. The minimum Gasteiger partial charge on any atom is -0.312 e. The normalized spacial score (nSPS) is 12.3. The number of nitrogens with two attached hydrogens (primary N) is 1. The summed E-state index contributed by atoms with van der Waals surface area (Å²) in [5.41, 5.74) is 8.95. The van der Waals surface area contributed by atoms with Crippen molar-refractivity contribution in [3.05, 3.63) is 30.1 Å². The summed E-state index contributed by atoms with van der Waals surface area (Å²) in [4.78, 5) is 4.37. The lowest BCUT2D eigenvalue weighted by Crippen LogP contribution is -2.35. The van der Waals surface area contributed by atoms with Gasteiger partial charge in [-0.15, -0.1) is 0 Å². The fraction of sp³-hybridized carbons (Fsp3) is 0.364. The van der Waals surface area contributed by atoms with Crippen LogP contribution in [0.4, 0.5) is 0 Å². The van der Waals surface area contributed by atoms with Gasteiger partial charge < -0.3 is 10.3 Å². The predicted octanol–water partition coefficient (Wildman–Crippen LogP) is 2.00. The first kappa shape index (κ1) is 9.21. The van der Waals surface area contributed by atoms with E-state index in [0.717, 1.165) is 11.0 Å². The van der Waals surface area contributed by atoms with Gasteiger partial charge in [0.25, 0.3) is 0 Å². The SMILES string of the molecule is Cc1cccc2c1ncn2C(C)(C)N. The molecule has 0 saturated heterocycles. The van der Waals surface area contributed by atoms with Crippen LogP contribution in [0.15, 0.2) is 24.5 Å². The van der Waals surface area contributed by atoms with E-state index in [9.17, 15) is 0 Å². The third-order valence-corrected chi connectivity index (χ3v) is 2.40. The van der Waals surface area contributed by atoms with E-state index in [1.54, 1.807) is 6.33 Å². The zero-order chi connectivity index (χ0) is 10.3. The summed E-state index contributed by atoms with van der Waals surface area (Å²) >= 11 is 0. The largest absolute Gasteiger partial charge is 0.312 e. The number of fused-ring (bicyclic) bond motifs is 1. The fourth-order valence-corrected chi connectivity index (χ4v) is 1.64. The van der Waals surface area contributed by atoms with Gasteiger partial charge in [0.1, 0.15) is 0 Å². The Labute approximate surface area is 83.6 Å². The maximum absolute atomic E-state index is 6.04. The maximum Gasteiger partial charge on any atom is 0.0973 e. The van der Waals surface area contributed by atoms with Gasteiger partial charge in [0, 0.05) is 0 Å². The van der Waals surface area contributed by atoms with Crippen molar-refractivity contribution in [2.45, 2.75) is 26.4 Å². The Morgan fingerprint density at radius 2 is 2.07 bits per heavy atom. The maximum atomic E-state index is 6.04. The number of nitrogens with zero attached hydrogens (tertiary/aromatic N) is 2. The van der Waals surface area contributed by atoms with Crippen LogP contribution < -0.4 is 5.73 Å². The third kappa shape index (κ3) is 1.30. The van der Waals surface area contributed by atoms with Crippen molar-refractivity contribution < 1.29 is 0 Å². The molecule has 0 amide bonds. The Balaban J connectivity index is 2.76. The predicted molar refractivity (Wildman–Crippen MR) is 58.0 cm³/mol. The second-order valence-corrected chi connectivity index (χ2v) is 4.21. The number of aryl methyl sites for hydroxylation is 1. The quantitative estimate of drug-likeness (QED) is 0.745. The summed E-state index contributed by atoms with van der Waals surface area (Å²) < 4.78 is 2.00. The van der Waals surface area contributed by atoms with Crippen molar-refractivity contribution in [3.8, 4) is 0 Å². The molecule has 0 atom stereocenters. The average molecular weight is 189 g/mol. The molecule has 1 aromatic carbocycles. The number of hydrogen-bond donors (Lipinski definition) is 1. The molecule has 0 saturated carbocycles. The molecular weight excluding hydrogens is 174 g/mol. The summed E-state index contributed by atoms with van der Waals surface area (Å²) in [7, 11) is 0. The van der Waals surface area contributed by atoms with Gasteiger partial charge in [-0.1, -0.05) is 12.1 Å². The Morgan fingerprint density at radius 1 is 1.36 bits per heavy atom. The molecule has 3 heteroatoms. The van der Waals surface area contributed by atoms with Crippen LogP contribution in [0.1, 0.15) is 19.4 Å². The Hall–Kier alpha value is -1.35. The Morgan fingerprint density at radius 3 is 2.71 bits per heavy atom. The number of imidazole rings is 1. The first-order valence-corrected chi connectivity index (χ1v) is 4.72. The molecule has 1 heterocycles. The van der Waals surface area contributed by atoms with Gasteiger partial charge >= 0.3 is 0 Å². The molecule has 2 aromatic rings. The average Bonchev–Trinajstić information content (AvgIpc) is 2.47. The van der Waals surface area contributed by atoms with Crippen molar-refractivity contribution in [3.63, 3.8) is 0 Å². The highest BCUT2D eigenvalue weighted by Gasteiger charge is 2.16. The van der Waals surface area contributed by atoms with Crippen molar-refractivity contribution in [2.24, 2.45) is 5.73 Å². The number of para-hydroxylation sites is 1. The van der Waals surface area contributed by atoms with E-state index >= 15 is 0 Å². The van der Waals surface area contributed by atoms with Crippen LogP contribution in [0.25, 0.3) is 11.0 Å². The molecule has 14 heavy (non-hydrogen) atoms. The van der Waals surface area contributed by atoms with Crippen LogP contribution >= 0.6 is 0 Å². The van der Waals surface area contributed by atoms with Crippen LogP contribution in [0, 0.1) is 6.92 Å². The monoisotopic (exact) mass is 189 g/mol. The molecule has 0 radical (unpaired) electrons. The second-order valence-electron chi connectivity index (χ2n) is 4.21. The van der Waals surface area contributed by atoms with Crippen LogP contribution in [0.3, 0.4) is 0 Å². The van der Waals surface area contributed by atoms with Gasteiger partial charge in [0.2, 0.25) is 0 Å². The fourth-order valence-electron chi connectivity index (χ4n) is 1.64. The molecule has 1 aromatic heterocycles. The van der Waals surface area contributed by atoms with E-state index in [0.29, 0.717) is 0 Å². The smallest absolute Gasteiger partial charge is 0.0973 e. The first-order chi connectivity index (χ1) is 6.50. The molecule has 2 N–H and O–H groups in total. The minimum atomic E-state index is -0.400. The Bertz CT molecular complexity index is 463. The first-order valence-electron chi connectivity index (χ1n) is 4.72. The van der Waals surface area contributed by atoms with Crippen LogP contribution in [0.2, 0.25) is 0 Å². The number of benzene rings is 1. The lowest BCUT2D eigenvalue weighted by molar-refractivity contribution is 0.382. The molecule has 0 spiro atoms. The molecule has 0 fully saturated rings. The number of rotatable bonds is 1. The van der Waals surface area contributed by atoms with Gasteiger partial charge in [-0.25, -0.2) is 4.98 Å². The summed E-state index contributed by atoms with van der Waals surface area (Å²) in [6.45, 7) is 6.00. The summed E-state index contributed by atoms with van der Waals surface area (Å²) in [6.07, 6.45) is 1.80. The van der Waals surface area contributed by atoms with Gasteiger partial charge in [-0.2, -0.15) is 0 Å². The molecule has 0 aliphatic carbocycles. The third-order valence-electron chi connectivity index (χ3n) is 2.40. The molecule has 0 bridgehead atoms. The highest BCUT2D eigenvalue weighted by molar-refractivity contribution is 5.78. The molecule has 0 unspecified atom stereocenters. The van der Waals surface area contributed by atoms with Gasteiger partial charge in [-0.3, -0.25) is 0 Å². The van der Waals surface area contributed by atoms with Crippen LogP contribution in [-0.4, -0.2) is 9.55 Å². The van der Waals surface area contributed by atoms with E-state index in [-0.39, 0.29) is 0 Å². The van der Waals surface area contributed by atoms with E-state index in [4.69, 9.17) is 5.73 Å². The summed E-state index contributed by atoms with van der Waals surface area (Å²) in [5.74, 6) is 0. The highest BCUT2D eigenvalue weighted by atomic mass is 15.2. The van der Waals surface area contributed by atoms with E-state index in [1.165, 1.54) is 5.56 Å². The summed E-state index contributed by atoms with van der Waals surface area (Å²) in [5, 5.41) is 0. The number of hydrogen-bond acceptors (Lipinski definition) is 2. The molecule has 74 valence electrons. The zero-order valence-electron chi connectivity index (χ0n) is 8.78. The molecule has 2 rings (SSSR count). The molecule has 0 aliphatic heterocycles. The Kier molecular flexibility index (Phi) is 1.86. The topological polar surface area (TPSA) is 43.8 Å². The van der Waals surface area contributed by atoms with Crippen molar-refractivity contribution >= 4 is 11.0 Å². The van der Waals surface area contributed by atoms with Crippen molar-refractivity contribution in [1.82, 2.24) is 9.55 Å². The van der Waals surface area contributed by atoms with E-state index < -0.39 is 5.66 Å². The number of aromatic nitrogens is 2. The van der Waals surface area contributed by atoms with Gasteiger partial charge in [0.05, 0.1) is 23.0 Å². The van der Waals surface area contributed by atoms with Crippen LogP contribution in [0.5, 0.6) is 0 Å². The van der Waals surface area contributed by atoms with Gasteiger partial charge in [-0.05, 0) is 32.4 Å². The van der Waals surface area contributed by atoms with Crippen LogP contribution in [-0.2, 0) is 5.66 Å². The highest BCUT2D eigenvalue weighted by Crippen LogP contribution is 2.20. The lowest BCUT2D eigenvalue weighted by atomic mass is 10.2. The summed E-state index contributed by atoms with van der Waals surface area (Å²) in [6, 6.07) is 6.13. The lowest BCUT2D eigenvalue weighted by Gasteiger charge is -2.21. The van der Waals surface area contributed by atoms with Gasteiger partial charge in [0.15, 0.2) is 0 Å². The molecule has 0 aliphatic rings. The molecular formula is C11H15N3. The van der Waals surface area contributed by atoms with Crippen molar-refractivity contribution in [1.29, 1.82) is 0 Å². The second kappa shape index (κ2) is 2.82. The van der Waals surface area contributed by atoms with Crippen molar-refractivity contribution in [2.75, 3.05) is 0 Å². The zero-order valence-corrected chi connectivity index (χ0v) is 8.78. The van der Waals surface area contributed by atoms with E-state index in [1.807, 2.05) is 30.5 Å².